The molecule has 1 saturated heterocycles. The number of anilines is 1. The average molecular weight is 438 g/mol. The number of carbonyl (C=O) groups excluding carboxylic acids is 2. The maximum absolute atomic E-state index is 13.4. The van der Waals surface area contributed by atoms with Gasteiger partial charge < -0.3 is 19.7 Å². The van der Waals surface area contributed by atoms with Crippen LogP contribution in [-0.4, -0.2) is 49.7 Å². The summed E-state index contributed by atoms with van der Waals surface area (Å²) in [7, 11) is 1.63. The summed E-state index contributed by atoms with van der Waals surface area (Å²) in [4.78, 5) is 29.9. The largest absolute Gasteiger partial charge is 0.497 e. The fourth-order valence-electron chi connectivity index (χ4n) is 4.34. The number of amides is 3. The number of carbonyl (C=O) groups is 2. The van der Waals surface area contributed by atoms with Gasteiger partial charge in [-0.2, -0.15) is 0 Å². The molecule has 2 heterocycles. The molecule has 0 aromatic heterocycles. The number of hydrogen-bond acceptors (Lipinski definition) is 4. The highest BCUT2D eigenvalue weighted by Crippen LogP contribution is 2.35. The Hall–Kier alpha value is -3.22. The zero-order chi connectivity index (χ0) is 22.7. The van der Waals surface area contributed by atoms with Crippen LogP contribution < -0.4 is 19.7 Å². The van der Waals surface area contributed by atoms with Gasteiger partial charge in [0.25, 0.3) is 0 Å². The number of nitrogens with one attached hydrogen (secondary N) is 1. The SMILES string of the molecule is COc1ccc(CNC(=O)C2CCCN(C(=O)N3CC(C)Oc4ccc(C)cc43)C2)cc1. The van der Waals surface area contributed by atoms with Gasteiger partial charge in [-0.25, -0.2) is 4.79 Å². The van der Waals surface area contributed by atoms with Crippen molar-refractivity contribution in [2.45, 2.75) is 39.3 Å². The highest BCUT2D eigenvalue weighted by Gasteiger charge is 2.34. The first kappa shape index (κ1) is 22.0. The molecule has 2 atom stereocenters. The first-order valence-electron chi connectivity index (χ1n) is 11.2. The minimum Gasteiger partial charge on any atom is -0.497 e. The van der Waals surface area contributed by atoms with Crippen molar-refractivity contribution in [3.63, 3.8) is 0 Å². The Morgan fingerprint density at radius 3 is 2.69 bits per heavy atom. The van der Waals surface area contributed by atoms with Crippen molar-refractivity contribution in [1.82, 2.24) is 10.2 Å². The second-order valence-corrected chi connectivity index (χ2v) is 8.64. The fourth-order valence-corrected chi connectivity index (χ4v) is 4.34. The molecule has 3 amide bonds. The molecule has 2 aliphatic rings. The molecule has 1 N–H and O–H groups in total. The van der Waals surface area contributed by atoms with Gasteiger partial charge in [-0.15, -0.1) is 0 Å². The second-order valence-electron chi connectivity index (χ2n) is 8.64. The molecule has 2 aromatic carbocycles. The zero-order valence-corrected chi connectivity index (χ0v) is 19.0. The number of benzene rings is 2. The summed E-state index contributed by atoms with van der Waals surface area (Å²) in [6.07, 6.45) is 1.52. The smallest absolute Gasteiger partial charge is 0.324 e. The van der Waals surface area contributed by atoms with Crippen molar-refractivity contribution in [3.8, 4) is 11.5 Å². The number of aryl methyl sites for hydroxylation is 1. The summed E-state index contributed by atoms with van der Waals surface area (Å²) in [6, 6.07) is 13.5. The molecule has 0 saturated carbocycles. The summed E-state index contributed by atoms with van der Waals surface area (Å²) in [5.41, 5.74) is 2.89. The lowest BCUT2D eigenvalue weighted by Gasteiger charge is -2.39. The van der Waals surface area contributed by atoms with E-state index >= 15 is 0 Å². The van der Waals surface area contributed by atoms with Gasteiger partial charge in [0.1, 0.15) is 17.6 Å². The molecule has 4 rings (SSSR count). The summed E-state index contributed by atoms with van der Waals surface area (Å²) in [5.74, 6) is 1.30. The molecular weight excluding hydrogens is 406 g/mol. The normalized spacial score (nSPS) is 20.2. The molecule has 2 unspecified atom stereocenters. The van der Waals surface area contributed by atoms with Gasteiger partial charge in [0.05, 0.1) is 25.3 Å². The Morgan fingerprint density at radius 1 is 1.16 bits per heavy atom. The van der Waals surface area contributed by atoms with E-state index in [0.29, 0.717) is 26.2 Å². The van der Waals surface area contributed by atoms with Crippen molar-refractivity contribution in [2.75, 3.05) is 31.6 Å². The molecule has 32 heavy (non-hydrogen) atoms. The quantitative estimate of drug-likeness (QED) is 0.791. The van der Waals surface area contributed by atoms with Gasteiger partial charge in [0.15, 0.2) is 0 Å². The van der Waals surface area contributed by atoms with Crippen LogP contribution in [0, 0.1) is 12.8 Å². The van der Waals surface area contributed by atoms with E-state index in [-0.39, 0.29) is 24.0 Å². The molecule has 7 nitrogen and oxygen atoms in total. The molecule has 2 aliphatic heterocycles. The Balaban J connectivity index is 1.39. The van der Waals surface area contributed by atoms with Crippen LogP contribution in [0.1, 0.15) is 30.9 Å². The van der Waals surface area contributed by atoms with E-state index in [1.165, 1.54) is 0 Å². The second kappa shape index (κ2) is 9.51. The lowest BCUT2D eigenvalue weighted by atomic mass is 9.97. The minimum absolute atomic E-state index is 0.00934. The van der Waals surface area contributed by atoms with Crippen LogP contribution in [0.2, 0.25) is 0 Å². The van der Waals surface area contributed by atoms with E-state index in [0.717, 1.165) is 41.2 Å². The number of fused-ring (bicyclic) bond motifs is 1. The number of urea groups is 1. The van der Waals surface area contributed by atoms with Crippen LogP contribution in [0.15, 0.2) is 42.5 Å². The summed E-state index contributed by atoms with van der Waals surface area (Å²) in [6.45, 7) is 6.02. The molecule has 0 aliphatic carbocycles. The van der Waals surface area contributed by atoms with E-state index in [9.17, 15) is 9.59 Å². The van der Waals surface area contributed by atoms with Crippen molar-refractivity contribution in [2.24, 2.45) is 5.92 Å². The molecule has 0 spiro atoms. The van der Waals surface area contributed by atoms with E-state index in [4.69, 9.17) is 9.47 Å². The lowest BCUT2D eigenvalue weighted by Crippen LogP contribution is -2.53. The number of methoxy groups -OCH3 is 1. The summed E-state index contributed by atoms with van der Waals surface area (Å²) < 4.78 is 11.1. The maximum Gasteiger partial charge on any atom is 0.324 e. The molecule has 2 aromatic rings. The number of likely N-dealkylation sites (tertiary alicyclic amines) is 1. The van der Waals surface area contributed by atoms with E-state index in [2.05, 4.69) is 5.32 Å². The van der Waals surface area contributed by atoms with Gasteiger partial charge in [-0.05, 0) is 62.1 Å². The van der Waals surface area contributed by atoms with Crippen LogP contribution in [0.5, 0.6) is 11.5 Å². The van der Waals surface area contributed by atoms with Gasteiger partial charge >= 0.3 is 6.03 Å². The van der Waals surface area contributed by atoms with E-state index in [1.54, 1.807) is 12.0 Å². The van der Waals surface area contributed by atoms with Crippen LogP contribution in [0.4, 0.5) is 10.5 Å². The van der Waals surface area contributed by atoms with Crippen molar-refractivity contribution in [3.05, 3.63) is 53.6 Å². The third kappa shape index (κ3) is 4.82. The number of ether oxygens (including phenoxy) is 2. The Kier molecular flexibility index (Phi) is 6.53. The highest BCUT2D eigenvalue weighted by atomic mass is 16.5. The van der Waals surface area contributed by atoms with Gasteiger partial charge in [-0.1, -0.05) is 18.2 Å². The Labute approximate surface area is 189 Å². The third-order valence-corrected chi connectivity index (χ3v) is 6.09. The topological polar surface area (TPSA) is 71.1 Å². The molecule has 170 valence electrons. The minimum atomic E-state index is -0.207. The standard InChI is InChI=1S/C25H31N3O4/c1-17-6-11-23-22(13-17)28(15-18(2)32-23)25(30)27-12-4-5-20(16-27)24(29)26-14-19-7-9-21(31-3)10-8-19/h6-11,13,18,20H,4-5,12,14-16H2,1-3H3,(H,26,29). The van der Waals surface area contributed by atoms with E-state index in [1.807, 2.05) is 61.2 Å². The predicted octanol–water partition coefficient (Wildman–Crippen LogP) is 3.74. The van der Waals surface area contributed by atoms with Gasteiger partial charge in [0, 0.05) is 19.6 Å². The molecular formula is C25H31N3O4. The highest BCUT2D eigenvalue weighted by molar-refractivity contribution is 5.95. The number of hydrogen-bond donors (Lipinski definition) is 1. The molecule has 7 heteroatoms. The van der Waals surface area contributed by atoms with Crippen molar-refractivity contribution < 1.29 is 19.1 Å². The maximum atomic E-state index is 13.4. The predicted molar refractivity (Wildman–Crippen MR) is 123 cm³/mol. The van der Waals surface area contributed by atoms with Crippen molar-refractivity contribution >= 4 is 17.6 Å². The third-order valence-electron chi connectivity index (χ3n) is 6.09. The van der Waals surface area contributed by atoms with E-state index < -0.39 is 0 Å². The number of rotatable bonds is 4. The van der Waals surface area contributed by atoms with Crippen LogP contribution in [-0.2, 0) is 11.3 Å². The molecule has 0 radical (unpaired) electrons. The Bertz CT molecular complexity index is 976. The summed E-state index contributed by atoms with van der Waals surface area (Å²) in [5, 5.41) is 3.02. The summed E-state index contributed by atoms with van der Waals surface area (Å²) >= 11 is 0. The van der Waals surface area contributed by atoms with Crippen molar-refractivity contribution in [1.29, 1.82) is 0 Å². The van der Waals surface area contributed by atoms with Crippen LogP contribution in [0.3, 0.4) is 0 Å². The zero-order valence-electron chi connectivity index (χ0n) is 19.0. The monoisotopic (exact) mass is 437 g/mol. The van der Waals surface area contributed by atoms with Gasteiger partial charge in [-0.3, -0.25) is 9.69 Å². The molecule has 1 fully saturated rings. The Morgan fingerprint density at radius 2 is 1.94 bits per heavy atom. The van der Waals surface area contributed by atoms with Crippen LogP contribution >= 0.6 is 0 Å². The first-order valence-corrected chi connectivity index (χ1v) is 11.2. The van der Waals surface area contributed by atoms with Gasteiger partial charge in [0.2, 0.25) is 5.91 Å². The van der Waals surface area contributed by atoms with Crippen LogP contribution in [0.25, 0.3) is 0 Å². The molecule has 0 bridgehead atoms. The lowest BCUT2D eigenvalue weighted by molar-refractivity contribution is -0.126. The average Bonchev–Trinajstić information content (AvgIpc) is 2.82. The number of nitrogens with zero attached hydrogens (tertiary/aromatic N) is 2. The fraction of sp³-hybridized carbons (Fsp3) is 0.440. The number of piperidine rings is 1. The first-order chi connectivity index (χ1) is 15.4.